The summed E-state index contributed by atoms with van der Waals surface area (Å²) in [5, 5.41) is 12.9. The van der Waals surface area contributed by atoms with E-state index in [0.29, 0.717) is 17.2 Å². The number of carbonyl (C=O) groups is 1. The lowest BCUT2D eigenvalue weighted by Crippen LogP contribution is -2.15. The molecule has 2 N–H and O–H groups in total. The number of nitrogens with one attached hydrogen (secondary N) is 1. The van der Waals surface area contributed by atoms with Crippen molar-refractivity contribution in [1.82, 2.24) is 0 Å². The van der Waals surface area contributed by atoms with Crippen LogP contribution in [0.25, 0.3) is 0 Å². The van der Waals surface area contributed by atoms with Crippen molar-refractivity contribution in [1.29, 1.82) is 0 Å². The van der Waals surface area contributed by atoms with E-state index in [0.717, 1.165) is 5.56 Å². The van der Waals surface area contributed by atoms with Crippen molar-refractivity contribution < 1.29 is 9.90 Å². The Morgan fingerprint density at radius 2 is 1.87 bits per heavy atom. The lowest BCUT2D eigenvalue weighted by Gasteiger charge is -2.20. The highest BCUT2D eigenvalue weighted by molar-refractivity contribution is 6.05. The van der Waals surface area contributed by atoms with Gasteiger partial charge in [0.1, 0.15) is 5.75 Å². The van der Waals surface area contributed by atoms with Crippen LogP contribution in [0.4, 0.5) is 5.69 Å². The molecule has 0 atom stereocenters. The Morgan fingerprint density at radius 1 is 1.13 bits per heavy atom. The average Bonchev–Trinajstić information content (AvgIpc) is 3.33. The Bertz CT molecular complexity index is 740. The molecule has 0 aromatic heterocycles. The van der Waals surface area contributed by atoms with Gasteiger partial charge in [-0.25, -0.2) is 0 Å². The van der Waals surface area contributed by atoms with E-state index in [2.05, 4.69) is 32.2 Å². The zero-order valence-corrected chi connectivity index (χ0v) is 13.9. The van der Waals surface area contributed by atoms with E-state index in [1.807, 2.05) is 30.3 Å². The van der Waals surface area contributed by atoms with Crippen LogP contribution in [0.5, 0.6) is 5.75 Å². The maximum atomic E-state index is 12.5. The third-order valence-corrected chi connectivity index (χ3v) is 4.31. The summed E-state index contributed by atoms with van der Waals surface area (Å²) in [6, 6.07) is 13.1. The molecule has 3 rings (SSSR count). The number of carbonyl (C=O) groups excluding carboxylic acids is 1. The molecule has 3 nitrogen and oxygen atoms in total. The third kappa shape index (κ3) is 3.55. The van der Waals surface area contributed by atoms with Crippen LogP contribution in [-0.2, 0) is 5.41 Å². The summed E-state index contributed by atoms with van der Waals surface area (Å²) >= 11 is 0. The second-order valence-corrected chi connectivity index (χ2v) is 7.34. The SMILES string of the molecule is CC(C)(C)c1ccc(O)c(NC(=O)c2cccc(C3CC3)c2)c1. The van der Waals surface area contributed by atoms with E-state index in [4.69, 9.17) is 0 Å². The molecular formula is C20H23NO2. The molecule has 1 saturated carbocycles. The van der Waals surface area contributed by atoms with E-state index in [9.17, 15) is 9.90 Å². The molecule has 0 saturated heterocycles. The normalized spacial score (nSPS) is 14.6. The maximum absolute atomic E-state index is 12.5. The average molecular weight is 309 g/mol. The van der Waals surface area contributed by atoms with Crippen LogP contribution in [0.2, 0.25) is 0 Å². The van der Waals surface area contributed by atoms with Gasteiger partial charge in [-0.05, 0) is 59.6 Å². The number of hydrogen-bond donors (Lipinski definition) is 2. The molecule has 3 heteroatoms. The molecule has 2 aromatic carbocycles. The number of hydrogen-bond acceptors (Lipinski definition) is 2. The van der Waals surface area contributed by atoms with Gasteiger partial charge < -0.3 is 10.4 Å². The van der Waals surface area contributed by atoms with Gasteiger partial charge in [-0.15, -0.1) is 0 Å². The molecule has 1 aliphatic rings. The summed E-state index contributed by atoms with van der Waals surface area (Å²) in [5.74, 6) is 0.513. The quantitative estimate of drug-likeness (QED) is 0.799. The first-order valence-electron chi connectivity index (χ1n) is 8.09. The Balaban J connectivity index is 1.83. The third-order valence-electron chi connectivity index (χ3n) is 4.31. The number of anilines is 1. The van der Waals surface area contributed by atoms with Gasteiger partial charge in [0.2, 0.25) is 0 Å². The topological polar surface area (TPSA) is 49.3 Å². The second-order valence-electron chi connectivity index (χ2n) is 7.34. The molecule has 1 aliphatic carbocycles. The van der Waals surface area contributed by atoms with Crippen LogP contribution >= 0.6 is 0 Å². The Labute approximate surface area is 137 Å². The van der Waals surface area contributed by atoms with Crippen molar-refractivity contribution in [2.75, 3.05) is 5.32 Å². The Hall–Kier alpha value is -2.29. The van der Waals surface area contributed by atoms with Gasteiger partial charge in [0.25, 0.3) is 5.91 Å². The molecule has 0 spiro atoms. The van der Waals surface area contributed by atoms with Gasteiger partial charge in [0.05, 0.1) is 5.69 Å². The van der Waals surface area contributed by atoms with E-state index >= 15 is 0 Å². The van der Waals surface area contributed by atoms with Crippen LogP contribution < -0.4 is 5.32 Å². The highest BCUT2D eigenvalue weighted by Crippen LogP contribution is 2.40. The zero-order chi connectivity index (χ0) is 16.6. The molecule has 0 radical (unpaired) electrons. The summed E-state index contributed by atoms with van der Waals surface area (Å²) in [6.07, 6.45) is 2.42. The molecule has 1 fully saturated rings. The van der Waals surface area contributed by atoms with Crippen LogP contribution in [-0.4, -0.2) is 11.0 Å². The van der Waals surface area contributed by atoms with Gasteiger partial charge in [0, 0.05) is 5.56 Å². The van der Waals surface area contributed by atoms with Crippen molar-refractivity contribution in [3.8, 4) is 5.75 Å². The molecule has 1 amide bonds. The fourth-order valence-electron chi connectivity index (χ4n) is 2.65. The molecular weight excluding hydrogens is 286 g/mol. The fourth-order valence-corrected chi connectivity index (χ4v) is 2.65. The van der Waals surface area contributed by atoms with Crippen molar-refractivity contribution in [3.05, 3.63) is 59.2 Å². The van der Waals surface area contributed by atoms with Crippen molar-refractivity contribution >= 4 is 11.6 Å². The first kappa shape index (κ1) is 15.6. The molecule has 120 valence electrons. The maximum Gasteiger partial charge on any atom is 0.255 e. The van der Waals surface area contributed by atoms with Crippen LogP contribution in [0.3, 0.4) is 0 Å². The molecule has 0 bridgehead atoms. The Kier molecular flexibility index (Phi) is 3.88. The minimum Gasteiger partial charge on any atom is -0.506 e. The summed E-state index contributed by atoms with van der Waals surface area (Å²) in [5.41, 5.74) is 3.34. The first-order chi connectivity index (χ1) is 10.8. The van der Waals surface area contributed by atoms with Gasteiger partial charge in [0.15, 0.2) is 0 Å². The van der Waals surface area contributed by atoms with Crippen LogP contribution in [0.15, 0.2) is 42.5 Å². The minimum absolute atomic E-state index is 0.0426. The van der Waals surface area contributed by atoms with E-state index in [1.54, 1.807) is 6.07 Å². The van der Waals surface area contributed by atoms with Gasteiger partial charge in [-0.2, -0.15) is 0 Å². The number of aromatic hydroxyl groups is 1. The van der Waals surface area contributed by atoms with E-state index < -0.39 is 0 Å². The number of phenols is 1. The second kappa shape index (κ2) is 5.73. The van der Waals surface area contributed by atoms with Crippen molar-refractivity contribution in [2.45, 2.75) is 44.9 Å². The first-order valence-corrected chi connectivity index (χ1v) is 8.09. The zero-order valence-electron chi connectivity index (χ0n) is 13.9. The monoisotopic (exact) mass is 309 g/mol. The van der Waals surface area contributed by atoms with E-state index in [-0.39, 0.29) is 17.1 Å². The molecule has 0 unspecified atom stereocenters. The lowest BCUT2D eigenvalue weighted by molar-refractivity contribution is 0.102. The molecule has 23 heavy (non-hydrogen) atoms. The smallest absolute Gasteiger partial charge is 0.255 e. The molecule has 0 aliphatic heterocycles. The number of amides is 1. The van der Waals surface area contributed by atoms with Gasteiger partial charge in [-0.1, -0.05) is 39.0 Å². The number of phenolic OH excluding ortho intramolecular Hbond substituents is 1. The minimum atomic E-state index is -0.186. The van der Waals surface area contributed by atoms with Crippen molar-refractivity contribution in [2.24, 2.45) is 0 Å². The highest BCUT2D eigenvalue weighted by Gasteiger charge is 2.24. The predicted octanol–water partition coefficient (Wildman–Crippen LogP) is 4.82. The molecule has 2 aromatic rings. The van der Waals surface area contributed by atoms with E-state index in [1.165, 1.54) is 18.4 Å². The highest BCUT2D eigenvalue weighted by atomic mass is 16.3. The largest absolute Gasteiger partial charge is 0.506 e. The van der Waals surface area contributed by atoms with Crippen molar-refractivity contribution in [3.63, 3.8) is 0 Å². The fraction of sp³-hybridized carbons (Fsp3) is 0.350. The summed E-state index contributed by atoms with van der Waals surface area (Å²) in [7, 11) is 0. The Morgan fingerprint density at radius 3 is 2.52 bits per heavy atom. The summed E-state index contributed by atoms with van der Waals surface area (Å²) < 4.78 is 0. The summed E-state index contributed by atoms with van der Waals surface area (Å²) in [6.45, 7) is 6.30. The lowest BCUT2D eigenvalue weighted by atomic mass is 9.87. The molecule has 0 heterocycles. The van der Waals surface area contributed by atoms with Crippen LogP contribution in [0, 0.1) is 0 Å². The van der Waals surface area contributed by atoms with Gasteiger partial charge in [-0.3, -0.25) is 4.79 Å². The summed E-state index contributed by atoms with van der Waals surface area (Å²) in [4.78, 5) is 12.5. The van der Waals surface area contributed by atoms with Gasteiger partial charge >= 0.3 is 0 Å². The number of benzene rings is 2. The van der Waals surface area contributed by atoms with Crippen LogP contribution in [0.1, 0.15) is 61.0 Å². The standard InChI is InChI=1S/C20H23NO2/c1-20(2,3)16-9-10-18(22)17(12-16)21-19(23)15-6-4-5-14(11-15)13-7-8-13/h4-6,9-13,22H,7-8H2,1-3H3,(H,21,23). The number of rotatable bonds is 3. The predicted molar refractivity (Wildman–Crippen MR) is 93.2 cm³/mol.